The normalized spacial score (nSPS) is 10.3. The van der Waals surface area contributed by atoms with Crippen LogP contribution in [0.1, 0.15) is 0 Å². The summed E-state index contributed by atoms with van der Waals surface area (Å²) in [6.07, 6.45) is 0. The van der Waals surface area contributed by atoms with Crippen LogP contribution in [-0.4, -0.2) is 27.6 Å². The highest BCUT2D eigenvalue weighted by molar-refractivity contribution is 7.16. The number of carbonyl (C=O) groups is 1. The fourth-order valence-electron chi connectivity index (χ4n) is 1.02. The molecule has 0 amide bonds. The van der Waals surface area contributed by atoms with Gasteiger partial charge in [-0.05, 0) is 12.1 Å². The first-order valence-corrected chi connectivity index (χ1v) is 4.79. The minimum absolute atomic E-state index is 0.128. The highest BCUT2D eigenvalue weighted by Crippen LogP contribution is 2.17. The Labute approximate surface area is 83.4 Å². The van der Waals surface area contributed by atoms with Gasteiger partial charge < -0.3 is 10.4 Å². The van der Waals surface area contributed by atoms with E-state index in [-0.39, 0.29) is 6.54 Å². The molecular weight excluding hydrogens is 202 g/mol. The van der Waals surface area contributed by atoms with Crippen molar-refractivity contribution in [3.63, 3.8) is 0 Å². The van der Waals surface area contributed by atoms with E-state index < -0.39 is 5.97 Å². The molecule has 0 radical (unpaired) electrons. The molecule has 2 aromatic rings. The molecule has 0 saturated carbocycles. The molecule has 0 saturated heterocycles. The highest BCUT2D eigenvalue weighted by Gasteiger charge is 2.01. The second-order valence-electron chi connectivity index (χ2n) is 2.62. The van der Waals surface area contributed by atoms with Crippen LogP contribution in [0.4, 0.5) is 5.82 Å². The van der Waals surface area contributed by atoms with Crippen molar-refractivity contribution in [3.05, 3.63) is 17.6 Å². The highest BCUT2D eigenvalue weighted by atomic mass is 32.1. The summed E-state index contributed by atoms with van der Waals surface area (Å²) < 4.78 is 0. The minimum Gasteiger partial charge on any atom is -0.480 e. The summed E-state index contributed by atoms with van der Waals surface area (Å²) >= 11 is 1.43. The maximum Gasteiger partial charge on any atom is 0.322 e. The Bertz CT molecular complexity index is 468. The Balaban J connectivity index is 2.21. The quantitative estimate of drug-likeness (QED) is 0.794. The molecule has 0 unspecified atom stereocenters. The molecule has 0 aromatic carbocycles. The lowest BCUT2D eigenvalue weighted by Gasteiger charge is -2.00. The van der Waals surface area contributed by atoms with Gasteiger partial charge in [-0.15, -0.1) is 11.3 Å². The van der Waals surface area contributed by atoms with Crippen molar-refractivity contribution in [1.29, 1.82) is 0 Å². The van der Waals surface area contributed by atoms with E-state index in [0.29, 0.717) is 5.82 Å². The van der Waals surface area contributed by atoms with E-state index in [9.17, 15) is 4.79 Å². The summed E-state index contributed by atoms with van der Waals surface area (Å²) in [5.74, 6) is -0.347. The number of nitrogens with zero attached hydrogens (tertiary/aromatic N) is 2. The molecule has 2 rings (SSSR count). The topological polar surface area (TPSA) is 75.1 Å². The average molecular weight is 209 g/mol. The van der Waals surface area contributed by atoms with E-state index in [2.05, 4.69) is 15.3 Å². The number of rotatable bonds is 3. The Morgan fingerprint density at radius 3 is 3.21 bits per heavy atom. The third-order valence-corrected chi connectivity index (χ3v) is 2.35. The summed E-state index contributed by atoms with van der Waals surface area (Å²) in [5, 5.41) is 11.1. The molecule has 2 heterocycles. The number of pyridine rings is 1. The molecule has 5 nitrogen and oxygen atoms in total. The van der Waals surface area contributed by atoms with Crippen LogP contribution < -0.4 is 5.32 Å². The van der Waals surface area contributed by atoms with Crippen LogP contribution in [-0.2, 0) is 4.79 Å². The first kappa shape index (κ1) is 8.89. The van der Waals surface area contributed by atoms with Gasteiger partial charge in [-0.25, -0.2) is 9.97 Å². The molecule has 0 fully saturated rings. The lowest BCUT2D eigenvalue weighted by Crippen LogP contribution is -2.12. The maximum atomic E-state index is 10.3. The molecule has 2 N–H and O–H groups in total. The molecule has 72 valence electrons. The third kappa shape index (κ3) is 1.80. The lowest BCUT2D eigenvalue weighted by molar-refractivity contribution is -0.134. The lowest BCUT2D eigenvalue weighted by atomic mass is 10.4. The van der Waals surface area contributed by atoms with Gasteiger partial charge in [0.25, 0.3) is 0 Å². The Hall–Kier alpha value is -1.69. The van der Waals surface area contributed by atoms with Gasteiger partial charge in [-0.1, -0.05) is 0 Å². The summed E-state index contributed by atoms with van der Waals surface area (Å²) in [6, 6.07) is 3.52. The molecule has 0 atom stereocenters. The second-order valence-corrected chi connectivity index (χ2v) is 3.45. The molecule has 0 aliphatic carbocycles. The molecule has 2 aromatic heterocycles. The van der Waals surface area contributed by atoms with Crippen molar-refractivity contribution in [2.75, 3.05) is 11.9 Å². The van der Waals surface area contributed by atoms with Crippen molar-refractivity contribution in [2.24, 2.45) is 0 Å². The van der Waals surface area contributed by atoms with E-state index in [1.165, 1.54) is 11.3 Å². The molecule has 14 heavy (non-hydrogen) atoms. The van der Waals surface area contributed by atoms with Gasteiger partial charge in [0.15, 0.2) is 0 Å². The number of hydrogen-bond donors (Lipinski definition) is 2. The first-order chi connectivity index (χ1) is 6.75. The second kappa shape index (κ2) is 3.59. The number of fused-ring (bicyclic) bond motifs is 1. The van der Waals surface area contributed by atoms with Crippen LogP contribution >= 0.6 is 11.3 Å². The number of aromatic nitrogens is 2. The van der Waals surface area contributed by atoms with Gasteiger partial charge in [0, 0.05) is 0 Å². The van der Waals surface area contributed by atoms with E-state index in [0.717, 1.165) is 10.3 Å². The standard InChI is InChI=1S/C8H7N3O2S/c12-7(13)3-9-6-2-1-5-8(11-6)14-4-10-5/h1-2,4H,3H2,(H,9,11)(H,12,13). The fourth-order valence-corrected chi connectivity index (χ4v) is 1.67. The van der Waals surface area contributed by atoms with Gasteiger partial charge in [-0.2, -0.15) is 0 Å². The van der Waals surface area contributed by atoms with E-state index in [1.54, 1.807) is 11.6 Å². The van der Waals surface area contributed by atoms with Crippen molar-refractivity contribution in [1.82, 2.24) is 9.97 Å². The predicted octanol–water partition coefficient (Wildman–Crippen LogP) is 1.19. The van der Waals surface area contributed by atoms with Crippen LogP contribution in [0, 0.1) is 0 Å². The number of thiazole rings is 1. The molecule has 0 aliphatic rings. The largest absolute Gasteiger partial charge is 0.480 e. The monoisotopic (exact) mass is 209 g/mol. The van der Waals surface area contributed by atoms with Crippen molar-refractivity contribution < 1.29 is 9.90 Å². The zero-order valence-corrected chi connectivity index (χ0v) is 7.91. The van der Waals surface area contributed by atoms with Gasteiger partial charge >= 0.3 is 5.97 Å². The van der Waals surface area contributed by atoms with Crippen molar-refractivity contribution >= 4 is 33.5 Å². The summed E-state index contributed by atoms with van der Waals surface area (Å²) in [5.41, 5.74) is 2.54. The number of hydrogen-bond acceptors (Lipinski definition) is 5. The van der Waals surface area contributed by atoms with Crippen LogP contribution in [0.2, 0.25) is 0 Å². The fraction of sp³-hybridized carbons (Fsp3) is 0.125. The smallest absolute Gasteiger partial charge is 0.322 e. The van der Waals surface area contributed by atoms with E-state index in [1.807, 2.05) is 6.07 Å². The average Bonchev–Trinajstić information content (AvgIpc) is 2.61. The van der Waals surface area contributed by atoms with Gasteiger partial charge in [0.2, 0.25) is 0 Å². The molecule has 0 bridgehead atoms. The Kier molecular flexibility index (Phi) is 2.28. The minimum atomic E-state index is -0.906. The zero-order chi connectivity index (χ0) is 9.97. The zero-order valence-electron chi connectivity index (χ0n) is 7.10. The van der Waals surface area contributed by atoms with Gasteiger partial charge in [-0.3, -0.25) is 4.79 Å². The number of carboxylic acids is 1. The maximum absolute atomic E-state index is 10.3. The number of anilines is 1. The summed E-state index contributed by atoms with van der Waals surface area (Å²) in [4.78, 5) is 19.3. The Morgan fingerprint density at radius 2 is 2.43 bits per heavy atom. The van der Waals surface area contributed by atoms with Crippen LogP contribution in [0.3, 0.4) is 0 Å². The molecule has 6 heteroatoms. The Morgan fingerprint density at radius 1 is 1.57 bits per heavy atom. The van der Waals surface area contributed by atoms with E-state index in [4.69, 9.17) is 5.11 Å². The van der Waals surface area contributed by atoms with Crippen molar-refractivity contribution in [3.8, 4) is 0 Å². The molecule has 0 aliphatic heterocycles. The van der Waals surface area contributed by atoms with Crippen LogP contribution in [0.15, 0.2) is 17.6 Å². The number of carboxylic acid groups (broad SMARTS) is 1. The summed E-state index contributed by atoms with van der Waals surface area (Å²) in [7, 11) is 0. The third-order valence-electron chi connectivity index (χ3n) is 1.62. The SMILES string of the molecule is O=C(O)CNc1ccc2ncsc2n1. The predicted molar refractivity (Wildman–Crippen MR) is 53.5 cm³/mol. The van der Waals surface area contributed by atoms with Crippen LogP contribution in [0.25, 0.3) is 10.3 Å². The van der Waals surface area contributed by atoms with Crippen LogP contribution in [0.5, 0.6) is 0 Å². The number of nitrogens with one attached hydrogen (secondary N) is 1. The molecule has 0 spiro atoms. The summed E-state index contributed by atoms with van der Waals surface area (Å²) in [6.45, 7) is -0.128. The van der Waals surface area contributed by atoms with Gasteiger partial charge in [0.1, 0.15) is 22.7 Å². The van der Waals surface area contributed by atoms with Gasteiger partial charge in [0.05, 0.1) is 5.51 Å². The van der Waals surface area contributed by atoms with E-state index >= 15 is 0 Å². The first-order valence-electron chi connectivity index (χ1n) is 3.91. The number of aliphatic carboxylic acids is 1. The molecular formula is C8H7N3O2S. The van der Waals surface area contributed by atoms with Crippen molar-refractivity contribution in [2.45, 2.75) is 0 Å².